The minimum absolute atomic E-state index is 0.551. The topological polar surface area (TPSA) is 21.6 Å². The molecule has 0 aliphatic carbocycles. The summed E-state index contributed by atoms with van der Waals surface area (Å²) >= 11 is 11.9. The molecule has 0 aromatic heterocycles. The van der Waals surface area contributed by atoms with Crippen LogP contribution in [0.25, 0.3) is 0 Å². The lowest BCUT2D eigenvalue weighted by atomic mass is 10.2. The minimum Gasteiger partial charge on any atom is -0.489 e. The van der Waals surface area contributed by atoms with Crippen LogP contribution in [0.4, 0.5) is 5.69 Å². The molecule has 0 amide bonds. The highest BCUT2D eigenvalue weighted by molar-refractivity contribution is 6.35. The zero-order valence-corrected chi connectivity index (χ0v) is 14.3. The molecule has 0 atom stereocenters. The average molecular weight is 356 g/mol. The molecule has 4 heteroatoms. The van der Waals surface area contributed by atoms with E-state index in [0.29, 0.717) is 16.7 Å². The van der Waals surface area contributed by atoms with E-state index in [9.17, 15) is 0 Å². The first-order valence-electron chi connectivity index (χ1n) is 7.46. The maximum absolute atomic E-state index is 5.96. The summed E-state index contributed by atoms with van der Waals surface area (Å²) in [6, 6.07) is 23.0. The summed E-state index contributed by atoms with van der Waals surface area (Å²) in [5, 5.41) is 1.14. The van der Waals surface area contributed by atoms with E-state index in [1.807, 2.05) is 54.6 Å². The van der Waals surface area contributed by atoms with Gasteiger partial charge in [0.2, 0.25) is 0 Å². The Balaban J connectivity index is 1.62. The lowest BCUT2D eigenvalue weighted by molar-refractivity contribution is 0.306. The molecule has 120 valence electrons. The predicted molar refractivity (Wildman–Crippen MR) is 101 cm³/mol. The number of hydrogen-bond donors (Lipinski definition) is 0. The summed E-state index contributed by atoms with van der Waals surface area (Å²) in [4.78, 5) is 4.39. The summed E-state index contributed by atoms with van der Waals surface area (Å²) in [5.41, 5.74) is 2.83. The molecule has 0 saturated carbocycles. The number of ether oxygens (including phenoxy) is 1. The van der Waals surface area contributed by atoms with Gasteiger partial charge in [-0.2, -0.15) is 0 Å². The van der Waals surface area contributed by atoms with Gasteiger partial charge >= 0.3 is 0 Å². The number of halogens is 2. The van der Waals surface area contributed by atoms with E-state index in [2.05, 4.69) is 4.99 Å². The fourth-order valence-electron chi connectivity index (χ4n) is 2.15. The van der Waals surface area contributed by atoms with Crippen LogP contribution in [0.1, 0.15) is 11.1 Å². The van der Waals surface area contributed by atoms with Crippen LogP contribution in [0.5, 0.6) is 5.75 Å². The summed E-state index contributed by atoms with van der Waals surface area (Å²) in [5.74, 6) is 0.821. The lowest BCUT2D eigenvalue weighted by Gasteiger charge is -2.06. The summed E-state index contributed by atoms with van der Waals surface area (Å²) < 4.78 is 5.76. The Morgan fingerprint density at radius 3 is 2.17 bits per heavy atom. The van der Waals surface area contributed by atoms with Crippen molar-refractivity contribution in [2.75, 3.05) is 0 Å². The molecule has 0 spiro atoms. The van der Waals surface area contributed by atoms with Gasteiger partial charge in [0.1, 0.15) is 12.4 Å². The van der Waals surface area contributed by atoms with E-state index in [-0.39, 0.29) is 0 Å². The summed E-state index contributed by atoms with van der Waals surface area (Å²) in [6.07, 6.45) is 1.77. The highest BCUT2D eigenvalue weighted by Gasteiger charge is 1.98. The Labute approximate surface area is 151 Å². The molecule has 0 aliphatic rings. The van der Waals surface area contributed by atoms with Gasteiger partial charge in [-0.3, -0.25) is 4.99 Å². The van der Waals surface area contributed by atoms with Crippen molar-refractivity contribution >= 4 is 35.1 Å². The maximum Gasteiger partial charge on any atom is 0.119 e. The molecular weight excluding hydrogens is 341 g/mol. The Bertz CT molecular complexity index is 810. The predicted octanol–water partition coefficient (Wildman–Crippen LogP) is 6.32. The molecule has 3 aromatic rings. The molecule has 2 nitrogen and oxygen atoms in total. The molecule has 0 saturated heterocycles. The van der Waals surface area contributed by atoms with E-state index in [1.54, 1.807) is 24.4 Å². The molecule has 24 heavy (non-hydrogen) atoms. The third-order valence-corrected chi connectivity index (χ3v) is 3.77. The first-order valence-corrected chi connectivity index (χ1v) is 8.21. The second-order valence-electron chi connectivity index (χ2n) is 5.23. The minimum atomic E-state index is 0.551. The van der Waals surface area contributed by atoms with Gasteiger partial charge in [-0.05, 0) is 53.6 Å². The van der Waals surface area contributed by atoms with E-state index >= 15 is 0 Å². The van der Waals surface area contributed by atoms with Gasteiger partial charge in [0.05, 0.1) is 5.69 Å². The quantitative estimate of drug-likeness (QED) is 0.490. The summed E-state index contributed by atoms with van der Waals surface area (Å²) in [7, 11) is 0. The van der Waals surface area contributed by atoms with Gasteiger partial charge in [0, 0.05) is 16.3 Å². The third kappa shape index (κ3) is 4.85. The number of aliphatic imine (C=N–C) groups is 1. The monoisotopic (exact) mass is 355 g/mol. The number of benzene rings is 3. The van der Waals surface area contributed by atoms with Crippen molar-refractivity contribution in [3.63, 3.8) is 0 Å². The SMILES string of the molecule is Clc1cc(Cl)cc(N=Cc2ccc(OCc3ccccc3)cc2)c1. The Hall–Kier alpha value is -2.29. The van der Waals surface area contributed by atoms with Crippen molar-refractivity contribution in [3.8, 4) is 5.75 Å². The van der Waals surface area contributed by atoms with E-state index < -0.39 is 0 Å². The van der Waals surface area contributed by atoms with Gasteiger partial charge in [-0.15, -0.1) is 0 Å². The smallest absolute Gasteiger partial charge is 0.119 e. The van der Waals surface area contributed by atoms with Crippen molar-refractivity contribution in [2.45, 2.75) is 6.61 Å². The first-order chi connectivity index (χ1) is 11.7. The molecule has 3 aromatic carbocycles. The van der Waals surface area contributed by atoms with Crippen LogP contribution in [-0.4, -0.2) is 6.21 Å². The lowest BCUT2D eigenvalue weighted by Crippen LogP contribution is -1.94. The first kappa shape index (κ1) is 16.6. The molecule has 0 aliphatic heterocycles. The molecule has 0 unspecified atom stereocenters. The number of hydrogen-bond acceptors (Lipinski definition) is 2. The highest BCUT2D eigenvalue weighted by atomic mass is 35.5. The van der Waals surface area contributed by atoms with Crippen LogP contribution >= 0.6 is 23.2 Å². The molecule has 0 heterocycles. The van der Waals surface area contributed by atoms with Crippen molar-refractivity contribution in [2.24, 2.45) is 4.99 Å². The normalized spacial score (nSPS) is 10.9. The zero-order valence-electron chi connectivity index (χ0n) is 12.8. The number of nitrogens with zero attached hydrogens (tertiary/aromatic N) is 1. The van der Waals surface area contributed by atoms with E-state index in [1.165, 1.54) is 0 Å². The Morgan fingerprint density at radius 2 is 1.50 bits per heavy atom. The van der Waals surface area contributed by atoms with Crippen LogP contribution < -0.4 is 4.74 Å². The van der Waals surface area contributed by atoms with Crippen LogP contribution in [0, 0.1) is 0 Å². The zero-order chi connectivity index (χ0) is 16.8. The highest BCUT2D eigenvalue weighted by Crippen LogP contribution is 2.24. The standard InChI is InChI=1S/C20H15Cl2NO/c21-17-10-18(22)12-19(11-17)23-13-15-6-8-20(9-7-15)24-14-16-4-2-1-3-5-16/h1-13H,14H2. The van der Waals surface area contributed by atoms with Gasteiger partial charge in [0.15, 0.2) is 0 Å². The van der Waals surface area contributed by atoms with Crippen molar-refractivity contribution in [1.29, 1.82) is 0 Å². The second-order valence-corrected chi connectivity index (χ2v) is 6.10. The molecule has 0 bridgehead atoms. The summed E-state index contributed by atoms with van der Waals surface area (Å²) in [6.45, 7) is 0.551. The third-order valence-electron chi connectivity index (χ3n) is 3.34. The fraction of sp³-hybridized carbons (Fsp3) is 0.0500. The van der Waals surface area contributed by atoms with Crippen molar-refractivity contribution in [3.05, 3.63) is 94.0 Å². The molecule has 3 rings (SSSR count). The van der Waals surface area contributed by atoms with Crippen LogP contribution in [0.15, 0.2) is 77.8 Å². The van der Waals surface area contributed by atoms with Crippen molar-refractivity contribution < 1.29 is 4.74 Å². The van der Waals surface area contributed by atoms with Gasteiger partial charge < -0.3 is 4.74 Å². The second kappa shape index (κ2) is 8.00. The van der Waals surface area contributed by atoms with Crippen LogP contribution in [-0.2, 0) is 6.61 Å². The van der Waals surface area contributed by atoms with Crippen LogP contribution in [0.3, 0.4) is 0 Å². The van der Waals surface area contributed by atoms with Gasteiger partial charge in [-0.25, -0.2) is 0 Å². The van der Waals surface area contributed by atoms with E-state index in [0.717, 1.165) is 22.6 Å². The van der Waals surface area contributed by atoms with E-state index in [4.69, 9.17) is 27.9 Å². The van der Waals surface area contributed by atoms with Crippen molar-refractivity contribution in [1.82, 2.24) is 0 Å². The largest absolute Gasteiger partial charge is 0.489 e. The van der Waals surface area contributed by atoms with Gasteiger partial charge in [0.25, 0.3) is 0 Å². The van der Waals surface area contributed by atoms with Crippen LogP contribution in [0.2, 0.25) is 10.0 Å². The Kier molecular flexibility index (Phi) is 5.52. The van der Waals surface area contributed by atoms with Gasteiger partial charge in [-0.1, -0.05) is 53.5 Å². The molecular formula is C20H15Cl2NO. The Morgan fingerprint density at radius 1 is 0.833 bits per heavy atom. The molecule has 0 fully saturated rings. The average Bonchev–Trinajstić information content (AvgIpc) is 2.59. The molecule has 0 radical (unpaired) electrons. The fourth-order valence-corrected chi connectivity index (χ4v) is 2.67. The maximum atomic E-state index is 5.96. The molecule has 0 N–H and O–H groups in total. The number of rotatable bonds is 5.